The van der Waals surface area contributed by atoms with Crippen LogP contribution in [0, 0.1) is 11.8 Å². The normalized spacial score (nSPS) is 28.0. The Hall–Kier alpha value is -1.93. The zero-order valence-corrected chi connectivity index (χ0v) is 12.8. The first-order chi connectivity index (χ1) is 10.3. The Kier molecular flexibility index (Phi) is 4.82. The molecule has 0 amide bonds. The van der Waals surface area contributed by atoms with Gasteiger partial charge in [0, 0.05) is 12.1 Å². The van der Waals surface area contributed by atoms with Crippen molar-refractivity contribution < 1.29 is 19.4 Å². The van der Waals surface area contributed by atoms with E-state index in [1.54, 1.807) is 20.8 Å². The van der Waals surface area contributed by atoms with Crippen molar-refractivity contribution in [3.8, 4) is 0 Å². The molecule has 22 heavy (non-hydrogen) atoms. The quantitative estimate of drug-likeness (QED) is 0.747. The molecule has 0 aliphatic carbocycles. The zero-order valence-electron chi connectivity index (χ0n) is 12.8. The zero-order chi connectivity index (χ0) is 16.4. The lowest BCUT2D eigenvalue weighted by atomic mass is 10.0. The van der Waals surface area contributed by atoms with Crippen molar-refractivity contribution in [2.45, 2.75) is 39.2 Å². The van der Waals surface area contributed by atoms with Crippen LogP contribution in [0.15, 0.2) is 17.1 Å². The largest absolute Gasteiger partial charge is 0.459 e. The lowest BCUT2D eigenvalue weighted by Crippen LogP contribution is -2.35. The minimum absolute atomic E-state index is 0.119. The molecule has 1 unspecified atom stereocenters. The Bertz CT molecular complexity index is 600. The number of rotatable bonds is 4. The number of anilines is 1. The highest BCUT2D eigenvalue weighted by Gasteiger charge is 2.45. The highest BCUT2D eigenvalue weighted by atomic mass is 16.6. The van der Waals surface area contributed by atoms with Gasteiger partial charge in [0.05, 0.1) is 12.5 Å². The minimum atomic E-state index is -0.688. The molecule has 1 fully saturated rings. The highest BCUT2D eigenvalue weighted by molar-refractivity contribution is 5.71. The van der Waals surface area contributed by atoms with Gasteiger partial charge in [-0.2, -0.15) is 4.98 Å². The first kappa shape index (κ1) is 16.4. The number of nitrogen functional groups attached to an aromatic ring is 1. The van der Waals surface area contributed by atoms with E-state index in [0.29, 0.717) is 0 Å². The molecule has 1 aliphatic heterocycles. The van der Waals surface area contributed by atoms with Gasteiger partial charge >= 0.3 is 11.7 Å². The van der Waals surface area contributed by atoms with Crippen molar-refractivity contribution in [2.75, 3.05) is 12.3 Å². The number of nitrogens with zero attached hydrogens (tertiary/aromatic N) is 2. The third-order valence-electron chi connectivity index (χ3n) is 3.68. The standard InChI is InChI=1S/C14H21N3O5/c1-7(2)13(19)22-11-8(3)12(21-9(11)6-18)17-5-4-10(15)16-14(17)20/h4-5,7-9,11-12,18H,6H2,1-3H3,(H2,15,16,20)/t8-,9+,11-,12?/m0/s1. The molecule has 122 valence electrons. The van der Waals surface area contributed by atoms with E-state index in [1.165, 1.54) is 16.8 Å². The van der Waals surface area contributed by atoms with Crippen LogP contribution < -0.4 is 11.4 Å². The van der Waals surface area contributed by atoms with Gasteiger partial charge in [-0.1, -0.05) is 20.8 Å². The molecule has 2 rings (SSSR count). The van der Waals surface area contributed by atoms with Crippen LogP contribution in [0.3, 0.4) is 0 Å². The van der Waals surface area contributed by atoms with Gasteiger partial charge in [0.25, 0.3) is 0 Å². The number of nitrogens with two attached hydrogens (primary N) is 1. The molecule has 0 aromatic carbocycles. The predicted octanol–water partition coefficient (Wildman–Crippen LogP) is -0.0809. The molecular weight excluding hydrogens is 290 g/mol. The Labute approximate surface area is 127 Å². The molecule has 0 radical (unpaired) electrons. The summed E-state index contributed by atoms with van der Waals surface area (Å²) in [6, 6.07) is 1.49. The van der Waals surface area contributed by atoms with E-state index in [-0.39, 0.29) is 30.2 Å². The van der Waals surface area contributed by atoms with Gasteiger partial charge < -0.3 is 20.3 Å². The second kappa shape index (κ2) is 6.45. The summed E-state index contributed by atoms with van der Waals surface area (Å²) in [5, 5.41) is 9.44. The fourth-order valence-electron chi connectivity index (χ4n) is 2.42. The van der Waals surface area contributed by atoms with Gasteiger partial charge in [-0.25, -0.2) is 4.79 Å². The second-order valence-corrected chi connectivity index (χ2v) is 5.71. The van der Waals surface area contributed by atoms with Crippen molar-refractivity contribution >= 4 is 11.8 Å². The molecule has 8 heteroatoms. The first-order valence-corrected chi connectivity index (χ1v) is 7.16. The Morgan fingerprint density at radius 3 is 2.82 bits per heavy atom. The third-order valence-corrected chi connectivity index (χ3v) is 3.68. The van der Waals surface area contributed by atoms with Gasteiger partial charge in [0.15, 0.2) is 0 Å². The Morgan fingerprint density at radius 2 is 2.27 bits per heavy atom. The van der Waals surface area contributed by atoms with Crippen molar-refractivity contribution in [1.29, 1.82) is 0 Å². The van der Waals surface area contributed by atoms with E-state index in [2.05, 4.69) is 4.98 Å². The molecule has 1 aromatic heterocycles. The van der Waals surface area contributed by atoms with Crippen LogP contribution in [0.25, 0.3) is 0 Å². The topological polar surface area (TPSA) is 117 Å². The summed E-state index contributed by atoms with van der Waals surface area (Å²) in [4.78, 5) is 27.4. The Morgan fingerprint density at radius 1 is 1.59 bits per heavy atom. The minimum Gasteiger partial charge on any atom is -0.459 e. The first-order valence-electron chi connectivity index (χ1n) is 7.16. The fraction of sp³-hybridized carbons (Fsp3) is 0.643. The van der Waals surface area contributed by atoms with Crippen LogP contribution in [0.4, 0.5) is 5.82 Å². The maximum atomic E-state index is 11.9. The molecule has 1 aliphatic rings. The number of carbonyl (C=O) groups is 1. The van der Waals surface area contributed by atoms with Crippen molar-refractivity contribution in [3.05, 3.63) is 22.7 Å². The van der Waals surface area contributed by atoms with Gasteiger partial charge in [-0.05, 0) is 6.07 Å². The lowest BCUT2D eigenvalue weighted by Gasteiger charge is -2.21. The number of ether oxygens (including phenoxy) is 2. The monoisotopic (exact) mass is 311 g/mol. The van der Waals surface area contributed by atoms with Gasteiger partial charge in [0.2, 0.25) is 0 Å². The molecule has 2 heterocycles. The molecule has 4 atom stereocenters. The van der Waals surface area contributed by atoms with E-state index in [4.69, 9.17) is 15.2 Å². The summed E-state index contributed by atoms with van der Waals surface area (Å²) in [6.07, 6.45) is -0.517. The number of hydrogen-bond acceptors (Lipinski definition) is 7. The number of aromatic nitrogens is 2. The van der Waals surface area contributed by atoms with Crippen LogP contribution in [0.5, 0.6) is 0 Å². The fourth-order valence-corrected chi connectivity index (χ4v) is 2.42. The van der Waals surface area contributed by atoms with Gasteiger partial charge in [-0.3, -0.25) is 9.36 Å². The summed E-state index contributed by atoms with van der Waals surface area (Å²) < 4.78 is 12.4. The third kappa shape index (κ3) is 3.12. The van der Waals surface area contributed by atoms with E-state index in [0.717, 1.165) is 0 Å². The van der Waals surface area contributed by atoms with Crippen molar-refractivity contribution in [1.82, 2.24) is 9.55 Å². The lowest BCUT2D eigenvalue weighted by molar-refractivity contribution is -0.158. The van der Waals surface area contributed by atoms with E-state index in [1.807, 2.05) is 0 Å². The summed E-state index contributed by atoms with van der Waals surface area (Å²) in [5.74, 6) is -0.856. The van der Waals surface area contributed by atoms with E-state index in [9.17, 15) is 14.7 Å². The van der Waals surface area contributed by atoms with Crippen LogP contribution in [-0.2, 0) is 14.3 Å². The molecule has 1 aromatic rings. The van der Waals surface area contributed by atoms with Crippen molar-refractivity contribution in [3.63, 3.8) is 0 Å². The van der Waals surface area contributed by atoms with Crippen LogP contribution in [0.2, 0.25) is 0 Å². The number of esters is 1. The Balaban J connectivity index is 2.25. The molecule has 1 saturated heterocycles. The summed E-state index contributed by atoms with van der Waals surface area (Å²) in [6.45, 7) is 4.93. The summed E-state index contributed by atoms with van der Waals surface area (Å²) in [7, 11) is 0. The molecule has 0 saturated carbocycles. The SMILES string of the molecule is CC(C)C(=O)O[C@H]1[C@H](C)C(n2ccc(N)nc2=O)O[C@@H]1CO. The molecule has 0 bridgehead atoms. The second-order valence-electron chi connectivity index (χ2n) is 5.71. The van der Waals surface area contributed by atoms with Crippen LogP contribution in [0.1, 0.15) is 27.0 Å². The summed E-state index contributed by atoms with van der Waals surface area (Å²) in [5.41, 5.74) is 4.91. The molecule has 8 nitrogen and oxygen atoms in total. The predicted molar refractivity (Wildman–Crippen MR) is 77.8 cm³/mol. The number of aliphatic hydroxyl groups excluding tert-OH is 1. The number of carbonyl (C=O) groups excluding carboxylic acids is 1. The number of hydrogen-bond donors (Lipinski definition) is 2. The molecule has 0 spiro atoms. The average Bonchev–Trinajstić information content (AvgIpc) is 2.76. The average molecular weight is 311 g/mol. The van der Waals surface area contributed by atoms with E-state index < -0.39 is 24.1 Å². The number of aliphatic hydroxyl groups is 1. The highest BCUT2D eigenvalue weighted by Crippen LogP contribution is 2.35. The maximum absolute atomic E-state index is 11.9. The van der Waals surface area contributed by atoms with Gasteiger partial charge in [0.1, 0.15) is 24.3 Å². The summed E-state index contributed by atoms with van der Waals surface area (Å²) >= 11 is 0. The molecular formula is C14H21N3O5. The maximum Gasteiger partial charge on any atom is 0.351 e. The molecule has 3 N–H and O–H groups in total. The van der Waals surface area contributed by atoms with Crippen LogP contribution in [-0.4, -0.2) is 39.4 Å². The van der Waals surface area contributed by atoms with Crippen molar-refractivity contribution in [2.24, 2.45) is 11.8 Å². The van der Waals surface area contributed by atoms with Gasteiger partial charge in [-0.15, -0.1) is 0 Å². The van der Waals surface area contributed by atoms with E-state index >= 15 is 0 Å². The van der Waals surface area contributed by atoms with Crippen LogP contribution >= 0.6 is 0 Å². The smallest absolute Gasteiger partial charge is 0.351 e.